The molecule has 1 aliphatic heterocycles. The first-order chi connectivity index (χ1) is 15.0. The van der Waals surface area contributed by atoms with Gasteiger partial charge in [-0.15, -0.1) is 23.1 Å². The molecule has 4 rings (SSSR count). The molecule has 7 heteroatoms. The summed E-state index contributed by atoms with van der Waals surface area (Å²) in [5.74, 6) is 1.02. The zero-order valence-electron chi connectivity index (χ0n) is 17.6. The summed E-state index contributed by atoms with van der Waals surface area (Å²) in [4.78, 5) is 16.4. The van der Waals surface area contributed by atoms with Gasteiger partial charge in [0.2, 0.25) is 0 Å². The van der Waals surface area contributed by atoms with Crippen molar-refractivity contribution in [1.82, 2.24) is 0 Å². The SMILES string of the molecule is CCSc1sc(CC)cc1[C@H]1C(C#N)=C(N)N(c2cccc(Cl)c2)C2=C1C(=O)CCC2. The standard InChI is InChI=1S/C24H24ClN3OS2/c1-3-16-12-17(24(31-16)30-4-2)21-18(13-26)23(27)28(15-8-5-7-14(25)11-15)19-9-6-10-20(29)22(19)21/h5,7-8,11-12,21H,3-4,6,9-10,27H2,1-2H3/t21-/m0/s1. The van der Waals surface area contributed by atoms with Crippen LogP contribution >= 0.6 is 34.7 Å². The van der Waals surface area contributed by atoms with Crippen molar-refractivity contribution in [1.29, 1.82) is 5.26 Å². The third-order valence-electron chi connectivity index (χ3n) is 5.69. The molecule has 0 spiro atoms. The fraction of sp³-hybridized carbons (Fsp3) is 0.333. The van der Waals surface area contributed by atoms with Crippen molar-refractivity contribution in [2.75, 3.05) is 10.7 Å². The predicted molar refractivity (Wildman–Crippen MR) is 129 cm³/mol. The maximum Gasteiger partial charge on any atom is 0.161 e. The van der Waals surface area contributed by atoms with E-state index in [2.05, 4.69) is 26.0 Å². The van der Waals surface area contributed by atoms with Gasteiger partial charge in [0.25, 0.3) is 0 Å². The maximum atomic E-state index is 13.3. The van der Waals surface area contributed by atoms with E-state index in [0.717, 1.165) is 47.5 Å². The van der Waals surface area contributed by atoms with Crippen molar-refractivity contribution in [3.8, 4) is 6.07 Å². The third-order valence-corrected chi connectivity index (χ3v) is 8.41. The van der Waals surface area contributed by atoms with Gasteiger partial charge in [-0.3, -0.25) is 9.69 Å². The zero-order valence-corrected chi connectivity index (χ0v) is 20.0. The van der Waals surface area contributed by atoms with Gasteiger partial charge in [0, 0.05) is 33.3 Å². The summed E-state index contributed by atoms with van der Waals surface area (Å²) < 4.78 is 1.17. The van der Waals surface area contributed by atoms with Gasteiger partial charge in [0.05, 0.1) is 21.8 Å². The topological polar surface area (TPSA) is 70.1 Å². The number of allylic oxidation sites excluding steroid dienone is 3. The molecule has 0 bridgehead atoms. The van der Waals surface area contributed by atoms with Gasteiger partial charge >= 0.3 is 0 Å². The number of thioether (sulfide) groups is 1. The van der Waals surface area contributed by atoms with Crippen LogP contribution in [0.5, 0.6) is 0 Å². The fourth-order valence-electron chi connectivity index (χ4n) is 4.37. The number of halogens is 1. The molecule has 1 aliphatic carbocycles. The molecule has 0 radical (unpaired) electrons. The Morgan fingerprint density at radius 3 is 2.81 bits per heavy atom. The summed E-state index contributed by atoms with van der Waals surface area (Å²) in [5, 5.41) is 10.8. The molecular weight excluding hydrogens is 446 g/mol. The molecule has 2 aromatic rings. The van der Waals surface area contributed by atoms with Gasteiger partial charge in [-0.05, 0) is 54.8 Å². The lowest BCUT2D eigenvalue weighted by molar-refractivity contribution is -0.116. The molecule has 160 valence electrons. The van der Waals surface area contributed by atoms with Crippen LogP contribution in [0.2, 0.25) is 5.02 Å². The Balaban J connectivity index is 1.97. The van der Waals surface area contributed by atoms with Gasteiger partial charge < -0.3 is 5.73 Å². The smallest absolute Gasteiger partial charge is 0.161 e. The van der Waals surface area contributed by atoms with Gasteiger partial charge in [0.1, 0.15) is 5.82 Å². The van der Waals surface area contributed by atoms with E-state index in [1.807, 2.05) is 23.1 Å². The van der Waals surface area contributed by atoms with Gasteiger partial charge in [-0.25, -0.2) is 0 Å². The number of rotatable bonds is 5. The van der Waals surface area contributed by atoms with Crippen LogP contribution in [0.1, 0.15) is 49.5 Å². The number of aryl methyl sites for hydroxylation is 1. The minimum atomic E-state index is -0.408. The highest BCUT2D eigenvalue weighted by Gasteiger charge is 2.41. The zero-order chi connectivity index (χ0) is 22.1. The highest BCUT2D eigenvalue weighted by Crippen LogP contribution is 2.50. The normalized spacial score (nSPS) is 19.0. The van der Waals surface area contributed by atoms with E-state index >= 15 is 0 Å². The first-order valence-corrected chi connectivity index (χ1v) is 12.6. The average Bonchev–Trinajstić information content (AvgIpc) is 3.16. The van der Waals surface area contributed by atoms with E-state index in [4.69, 9.17) is 17.3 Å². The molecule has 1 aromatic heterocycles. The van der Waals surface area contributed by atoms with E-state index in [9.17, 15) is 10.1 Å². The van der Waals surface area contributed by atoms with E-state index < -0.39 is 5.92 Å². The lowest BCUT2D eigenvalue weighted by atomic mass is 9.76. The number of thiophene rings is 1. The molecule has 31 heavy (non-hydrogen) atoms. The predicted octanol–water partition coefficient (Wildman–Crippen LogP) is 6.38. The monoisotopic (exact) mass is 469 g/mol. The highest BCUT2D eigenvalue weighted by atomic mass is 35.5. The quantitative estimate of drug-likeness (QED) is 0.514. The molecular formula is C24H24ClN3OS2. The van der Waals surface area contributed by atoms with Crippen molar-refractivity contribution >= 4 is 46.2 Å². The molecule has 2 aliphatic rings. The Morgan fingerprint density at radius 1 is 1.32 bits per heavy atom. The first kappa shape index (κ1) is 22.0. The fourth-order valence-corrected chi connectivity index (χ4v) is 6.93. The summed E-state index contributed by atoms with van der Waals surface area (Å²) in [6.07, 6.45) is 2.93. The number of ketones is 1. The Kier molecular flexibility index (Phi) is 6.47. The van der Waals surface area contributed by atoms with Crippen LogP contribution in [0.15, 0.2) is 57.2 Å². The highest BCUT2D eigenvalue weighted by molar-refractivity contribution is 8.01. The number of carbonyl (C=O) groups is 1. The molecule has 0 fully saturated rings. The molecule has 0 amide bonds. The van der Waals surface area contributed by atoms with Crippen LogP contribution in [0.3, 0.4) is 0 Å². The number of nitriles is 1. The number of nitrogens with zero attached hydrogens (tertiary/aromatic N) is 2. The second-order valence-corrected chi connectivity index (χ2v) is 10.6. The largest absolute Gasteiger partial charge is 0.384 e. The molecule has 2 heterocycles. The molecule has 1 aromatic carbocycles. The Hall–Kier alpha value is -2.20. The van der Waals surface area contributed by atoms with Crippen molar-refractivity contribution in [3.05, 3.63) is 68.5 Å². The van der Waals surface area contributed by atoms with Gasteiger partial charge in [-0.2, -0.15) is 5.26 Å². The van der Waals surface area contributed by atoms with Crippen LogP contribution in [0, 0.1) is 11.3 Å². The summed E-state index contributed by atoms with van der Waals surface area (Å²) in [6, 6.07) is 11.9. The minimum absolute atomic E-state index is 0.107. The van der Waals surface area contributed by atoms with Crippen LogP contribution in [-0.2, 0) is 11.2 Å². The Bertz CT molecular complexity index is 1140. The van der Waals surface area contributed by atoms with E-state index in [1.165, 1.54) is 9.09 Å². The van der Waals surface area contributed by atoms with Gasteiger partial charge in [-0.1, -0.05) is 31.5 Å². The summed E-state index contributed by atoms with van der Waals surface area (Å²) in [6.45, 7) is 4.25. The number of carbonyl (C=O) groups excluding carboxylic acids is 1. The van der Waals surface area contributed by atoms with Crippen molar-refractivity contribution < 1.29 is 4.79 Å². The van der Waals surface area contributed by atoms with E-state index in [0.29, 0.717) is 22.8 Å². The summed E-state index contributed by atoms with van der Waals surface area (Å²) >= 11 is 9.77. The third kappa shape index (κ3) is 3.91. The number of Topliss-reactive ketones (excluding diaryl/α,β-unsaturated/α-hetero) is 1. The second-order valence-electron chi connectivity index (χ2n) is 7.54. The average molecular weight is 470 g/mol. The number of hydrogen-bond donors (Lipinski definition) is 1. The molecule has 4 nitrogen and oxygen atoms in total. The maximum absolute atomic E-state index is 13.3. The van der Waals surface area contributed by atoms with Crippen LogP contribution < -0.4 is 10.6 Å². The lowest BCUT2D eigenvalue weighted by Gasteiger charge is -2.39. The number of benzene rings is 1. The van der Waals surface area contributed by atoms with Gasteiger partial charge in [0.15, 0.2) is 5.78 Å². The van der Waals surface area contributed by atoms with E-state index in [-0.39, 0.29) is 5.78 Å². The number of hydrogen-bond acceptors (Lipinski definition) is 6. The van der Waals surface area contributed by atoms with Crippen molar-refractivity contribution in [3.63, 3.8) is 0 Å². The Labute approximate surface area is 196 Å². The minimum Gasteiger partial charge on any atom is -0.384 e. The van der Waals surface area contributed by atoms with Crippen molar-refractivity contribution in [2.45, 2.75) is 49.7 Å². The van der Waals surface area contributed by atoms with Crippen LogP contribution in [-0.4, -0.2) is 11.5 Å². The molecule has 0 saturated heterocycles. The number of nitrogens with two attached hydrogens (primary N) is 1. The molecule has 0 unspecified atom stereocenters. The van der Waals surface area contributed by atoms with Crippen molar-refractivity contribution in [2.24, 2.45) is 5.73 Å². The number of anilines is 1. The summed E-state index contributed by atoms with van der Waals surface area (Å²) in [7, 11) is 0. The first-order valence-electron chi connectivity index (χ1n) is 10.5. The molecule has 2 N–H and O–H groups in total. The van der Waals surface area contributed by atoms with E-state index in [1.54, 1.807) is 29.2 Å². The molecule has 1 atom stereocenters. The molecule has 0 saturated carbocycles. The lowest BCUT2D eigenvalue weighted by Crippen LogP contribution is -2.38. The summed E-state index contributed by atoms with van der Waals surface area (Å²) in [5.41, 5.74) is 10.5. The van der Waals surface area contributed by atoms with Crippen LogP contribution in [0.25, 0.3) is 0 Å². The second kappa shape index (κ2) is 9.12. The Morgan fingerprint density at radius 2 is 2.13 bits per heavy atom. The van der Waals surface area contributed by atoms with Crippen LogP contribution in [0.4, 0.5) is 5.69 Å².